The van der Waals surface area contributed by atoms with Crippen LogP contribution in [0.5, 0.6) is 5.75 Å². The Kier molecular flexibility index (Phi) is 8.11. The number of unbranched alkanes of at least 4 members (excludes halogenated alkanes) is 1. The van der Waals surface area contributed by atoms with Crippen LogP contribution in [0.1, 0.15) is 31.4 Å². The van der Waals surface area contributed by atoms with Crippen LogP contribution < -0.4 is 15.4 Å². The first-order chi connectivity index (χ1) is 13.8. The monoisotopic (exact) mass is 403 g/mol. The molecule has 1 unspecified atom stereocenters. The van der Waals surface area contributed by atoms with Gasteiger partial charge in [0.25, 0.3) is 0 Å². The van der Waals surface area contributed by atoms with Gasteiger partial charge in [0.2, 0.25) is 0 Å². The molecule has 0 spiro atoms. The number of thioether (sulfide) groups is 1. The number of amides is 2. The van der Waals surface area contributed by atoms with Crippen LogP contribution in [0, 0.1) is 0 Å². The van der Waals surface area contributed by atoms with E-state index in [-0.39, 0.29) is 12.1 Å². The highest BCUT2D eigenvalue weighted by atomic mass is 32.2. The number of rotatable bonds is 9. The first-order valence-electron chi connectivity index (χ1n) is 9.88. The lowest BCUT2D eigenvalue weighted by atomic mass is 10.1. The van der Waals surface area contributed by atoms with Crippen molar-refractivity contribution >= 4 is 23.5 Å². The molecule has 2 amide bonds. The van der Waals surface area contributed by atoms with Gasteiger partial charge in [-0.3, -0.25) is 4.90 Å². The molecule has 7 heteroatoms. The van der Waals surface area contributed by atoms with E-state index in [2.05, 4.69) is 22.5 Å². The van der Waals surface area contributed by atoms with Crippen LogP contribution in [0.25, 0.3) is 0 Å². The molecular weight excluding hydrogens is 374 g/mol. The number of anilines is 1. The van der Waals surface area contributed by atoms with Crippen LogP contribution >= 0.6 is 11.8 Å². The molecule has 1 aromatic carbocycles. The molecule has 3 rings (SSSR count). The molecule has 152 valence electrons. The molecule has 1 aliphatic heterocycles. The third-order valence-electron chi connectivity index (χ3n) is 4.75. The van der Waals surface area contributed by atoms with Crippen LogP contribution in [-0.2, 0) is 0 Å². The van der Waals surface area contributed by atoms with Gasteiger partial charge < -0.3 is 19.8 Å². The van der Waals surface area contributed by atoms with E-state index in [1.807, 2.05) is 42.1 Å². The second-order valence-corrected chi connectivity index (χ2v) is 8.01. The molecule has 0 aliphatic carbocycles. The highest BCUT2D eigenvalue weighted by Gasteiger charge is 2.23. The van der Waals surface area contributed by atoms with Crippen LogP contribution in [0.3, 0.4) is 0 Å². The third kappa shape index (κ3) is 6.21. The maximum atomic E-state index is 12.4. The molecule has 1 aliphatic rings. The van der Waals surface area contributed by atoms with E-state index in [1.165, 1.54) is 0 Å². The van der Waals surface area contributed by atoms with Gasteiger partial charge in [0.05, 0.1) is 25.2 Å². The molecule has 1 atom stereocenters. The number of nitrogens with one attached hydrogen (secondary N) is 2. The van der Waals surface area contributed by atoms with Crippen molar-refractivity contribution in [1.29, 1.82) is 0 Å². The van der Waals surface area contributed by atoms with Crippen molar-refractivity contribution in [3.05, 3.63) is 48.4 Å². The summed E-state index contributed by atoms with van der Waals surface area (Å²) in [5.74, 6) is 3.06. The number of nitrogens with zero attached hydrogens (tertiary/aromatic N) is 1. The summed E-state index contributed by atoms with van der Waals surface area (Å²) in [5, 5.41) is 5.89. The van der Waals surface area contributed by atoms with Crippen LogP contribution in [0.15, 0.2) is 47.3 Å². The summed E-state index contributed by atoms with van der Waals surface area (Å²) in [6, 6.07) is 9.37. The molecule has 1 saturated heterocycles. The van der Waals surface area contributed by atoms with Crippen LogP contribution in [0.2, 0.25) is 0 Å². The molecule has 0 radical (unpaired) electrons. The molecule has 2 aromatic rings. The first kappa shape index (κ1) is 20.6. The van der Waals surface area contributed by atoms with E-state index in [9.17, 15) is 4.79 Å². The van der Waals surface area contributed by atoms with Crippen LogP contribution in [-0.4, -0.2) is 48.7 Å². The van der Waals surface area contributed by atoms with Gasteiger partial charge >= 0.3 is 6.03 Å². The fourth-order valence-electron chi connectivity index (χ4n) is 3.15. The molecule has 2 heterocycles. The van der Waals surface area contributed by atoms with E-state index in [4.69, 9.17) is 9.15 Å². The molecule has 1 fully saturated rings. The molecule has 28 heavy (non-hydrogen) atoms. The Bertz CT molecular complexity index is 700. The lowest BCUT2D eigenvalue weighted by molar-refractivity contribution is 0.208. The SMILES string of the molecule is CCCCOc1ccc(NC(=O)NCC(c2ccoc2)N2CCSCC2)cc1. The van der Waals surface area contributed by atoms with E-state index in [1.54, 1.807) is 12.5 Å². The Hall–Kier alpha value is -2.12. The summed E-state index contributed by atoms with van der Waals surface area (Å²) in [6.07, 6.45) is 5.60. The van der Waals surface area contributed by atoms with Crippen molar-refractivity contribution < 1.29 is 13.9 Å². The van der Waals surface area contributed by atoms with Gasteiger partial charge in [0, 0.05) is 42.4 Å². The van der Waals surface area contributed by atoms with Crippen molar-refractivity contribution in [2.75, 3.05) is 43.1 Å². The van der Waals surface area contributed by atoms with Gasteiger partial charge in [-0.05, 0) is 36.8 Å². The summed E-state index contributed by atoms with van der Waals surface area (Å²) in [7, 11) is 0. The lowest BCUT2D eigenvalue weighted by Gasteiger charge is -2.33. The fraction of sp³-hybridized carbons (Fsp3) is 0.476. The zero-order valence-corrected chi connectivity index (χ0v) is 17.2. The highest BCUT2D eigenvalue weighted by molar-refractivity contribution is 7.99. The van der Waals surface area contributed by atoms with Crippen molar-refractivity contribution in [3.63, 3.8) is 0 Å². The Morgan fingerprint density at radius 2 is 2.04 bits per heavy atom. The predicted molar refractivity (Wildman–Crippen MR) is 114 cm³/mol. The van der Waals surface area contributed by atoms with E-state index in [0.717, 1.165) is 54.4 Å². The van der Waals surface area contributed by atoms with E-state index in [0.29, 0.717) is 13.2 Å². The number of hydrogen-bond donors (Lipinski definition) is 2. The molecule has 1 aromatic heterocycles. The fourth-order valence-corrected chi connectivity index (χ4v) is 4.08. The highest BCUT2D eigenvalue weighted by Crippen LogP contribution is 2.24. The zero-order chi connectivity index (χ0) is 19.6. The van der Waals surface area contributed by atoms with Gasteiger partial charge in [0.15, 0.2) is 0 Å². The maximum Gasteiger partial charge on any atom is 0.319 e. The van der Waals surface area contributed by atoms with Crippen molar-refractivity contribution in [3.8, 4) is 5.75 Å². The summed E-state index contributed by atoms with van der Waals surface area (Å²) in [4.78, 5) is 14.8. The quantitative estimate of drug-likeness (QED) is 0.609. The van der Waals surface area contributed by atoms with Crippen molar-refractivity contribution in [2.24, 2.45) is 0 Å². The molecule has 0 bridgehead atoms. The summed E-state index contributed by atoms with van der Waals surface area (Å²) >= 11 is 1.97. The first-order valence-corrected chi connectivity index (χ1v) is 11.0. The Balaban J connectivity index is 1.50. The second-order valence-electron chi connectivity index (χ2n) is 6.78. The van der Waals surface area contributed by atoms with Gasteiger partial charge in [-0.1, -0.05) is 13.3 Å². The summed E-state index contributed by atoms with van der Waals surface area (Å²) < 4.78 is 10.9. The zero-order valence-electron chi connectivity index (χ0n) is 16.4. The minimum atomic E-state index is -0.209. The number of carbonyl (C=O) groups is 1. The maximum absolute atomic E-state index is 12.4. The smallest absolute Gasteiger partial charge is 0.319 e. The second kappa shape index (κ2) is 11.0. The lowest BCUT2D eigenvalue weighted by Crippen LogP contribution is -2.42. The van der Waals surface area contributed by atoms with Gasteiger partial charge in [-0.15, -0.1) is 0 Å². The number of benzene rings is 1. The summed E-state index contributed by atoms with van der Waals surface area (Å²) in [6.45, 7) is 5.42. The van der Waals surface area contributed by atoms with Crippen LogP contribution in [0.4, 0.5) is 10.5 Å². The topological polar surface area (TPSA) is 66.7 Å². The Labute approximate surface area is 171 Å². The van der Waals surface area contributed by atoms with Gasteiger partial charge in [0.1, 0.15) is 5.75 Å². The molecule has 6 nitrogen and oxygen atoms in total. The van der Waals surface area contributed by atoms with E-state index < -0.39 is 0 Å². The molecule has 0 saturated carbocycles. The largest absolute Gasteiger partial charge is 0.494 e. The number of hydrogen-bond acceptors (Lipinski definition) is 5. The third-order valence-corrected chi connectivity index (χ3v) is 5.69. The van der Waals surface area contributed by atoms with Crippen molar-refractivity contribution in [1.82, 2.24) is 10.2 Å². The summed E-state index contributed by atoms with van der Waals surface area (Å²) in [5.41, 5.74) is 1.84. The predicted octanol–water partition coefficient (Wildman–Crippen LogP) is 4.37. The number of urea groups is 1. The van der Waals surface area contributed by atoms with Crippen molar-refractivity contribution in [2.45, 2.75) is 25.8 Å². The number of ether oxygens (including phenoxy) is 1. The Morgan fingerprint density at radius 3 is 2.71 bits per heavy atom. The molecular formula is C21H29N3O3S. The van der Waals surface area contributed by atoms with Gasteiger partial charge in [-0.25, -0.2) is 4.79 Å². The number of carbonyl (C=O) groups excluding carboxylic acids is 1. The average molecular weight is 404 g/mol. The minimum Gasteiger partial charge on any atom is -0.494 e. The average Bonchev–Trinajstić information content (AvgIpc) is 3.25. The van der Waals surface area contributed by atoms with E-state index >= 15 is 0 Å². The molecule has 2 N–H and O–H groups in total. The normalized spacial score (nSPS) is 15.8. The minimum absolute atomic E-state index is 0.125. The number of furan rings is 1. The van der Waals surface area contributed by atoms with Gasteiger partial charge in [-0.2, -0.15) is 11.8 Å². The standard InChI is InChI=1S/C21H29N3O3S/c1-2-3-11-27-19-6-4-18(5-7-19)23-21(25)22-15-20(17-8-12-26-16-17)24-9-13-28-14-10-24/h4-8,12,16,20H,2-3,9-11,13-15H2,1H3,(H2,22,23,25). The Morgan fingerprint density at radius 1 is 1.25 bits per heavy atom.